The average Bonchev–Trinajstić information content (AvgIpc) is 2.85. The first kappa shape index (κ1) is 29.1. The van der Waals surface area contributed by atoms with Crippen LogP contribution in [0.15, 0.2) is 48.5 Å². The molecule has 0 unspecified atom stereocenters. The van der Waals surface area contributed by atoms with Crippen molar-refractivity contribution in [2.45, 2.75) is 78.6 Å². The quantitative estimate of drug-likeness (QED) is 0.235. The zero-order valence-electron chi connectivity index (χ0n) is 22.0. The van der Waals surface area contributed by atoms with Crippen LogP contribution in [0.4, 0.5) is 0 Å². The SMILES string of the molecule is CCCCCCCc1ccc(-c2ccc(CCC(COC(C)=O)(COC(C)=O)CC(N)=O)cc2)cc1. The normalized spacial score (nSPS) is 11.2. The molecule has 2 N–H and O–H groups in total. The standard InChI is InChI=1S/C30H41NO5/c1-4-5-6-7-8-9-25-10-14-27(15-11-25)28-16-12-26(13-17-28)18-19-30(20-29(31)34,21-35-23(2)32)22-36-24(3)33/h10-17H,4-9,18-22H2,1-3H3,(H2,31,34). The van der Waals surface area contributed by atoms with Crippen molar-refractivity contribution >= 4 is 17.8 Å². The fourth-order valence-electron chi connectivity index (χ4n) is 4.33. The van der Waals surface area contributed by atoms with E-state index in [1.165, 1.54) is 57.1 Å². The van der Waals surface area contributed by atoms with Gasteiger partial charge in [0.2, 0.25) is 5.91 Å². The fourth-order valence-corrected chi connectivity index (χ4v) is 4.33. The third-order valence-corrected chi connectivity index (χ3v) is 6.47. The fraction of sp³-hybridized carbons (Fsp3) is 0.500. The minimum atomic E-state index is -0.867. The molecule has 6 nitrogen and oxygen atoms in total. The van der Waals surface area contributed by atoms with E-state index in [9.17, 15) is 14.4 Å². The number of rotatable bonds is 16. The Balaban J connectivity index is 2.02. The number of nitrogens with two attached hydrogens (primary N) is 1. The van der Waals surface area contributed by atoms with Crippen LogP contribution < -0.4 is 5.73 Å². The maximum Gasteiger partial charge on any atom is 0.302 e. The van der Waals surface area contributed by atoms with E-state index < -0.39 is 23.3 Å². The van der Waals surface area contributed by atoms with Crippen molar-refractivity contribution in [1.82, 2.24) is 0 Å². The van der Waals surface area contributed by atoms with E-state index in [1.807, 2.05) is 0 Å². The molecule has 1 amide bonds. The van der Waals surface area contributed by atoms with Gasteiger partial charge in [-0.1, -0.05) is 81.1 Å². The highest BCUT2D eigenvalue weighted by Gasteiger charge is 2.35. The first-order valence-corrected chi connectivity index (χ1v) is 13.0. The zero-order chi connectivity index (χ0) is 26.4. The number of aryl methyl sites for hydroxylation is 2. The molecule has 0 saturated heterocycles. The molecular weight excluding hydrogens is 454 g/mol. The second-order valence-corrected chi connectivity index (χ2v) is 9.76. The summed E-state index contributed by atoms with van der Waals surface area (Å²) < 4.78 is 10.4. The van der Waals surface area contributed by atoms with Gasteiger partial charge in [0, 0.05) is 25.7 Å². The maximum absolute atomic E-state index is 11.8. The second kappa shape index (κ2) is 15.1. The van der Waals surface area contributed by atoms with Crippen molar-refractivity contribution in [2.75, 3.05) is 13.2 Å². The number of hydrogen-bond donors (Lipinski definition) is 1. The molecule has 0 aliphatic heterocycles. The second-order valence-electron chi connectivity index (χ2n) is 9.76. The first-order chi connectivity index (χ1) is 17.2. The number of carbonyl (C=O) groups excluding carboxylic acids is 3. The van der Waals surface area contributed by atoms with E-state index in [-0.39, 0.29) is 19.6 Å². The Labute approximate surface area is 215 Å². The molecule has 0 radical (unpaired) electrons. The summed E-state index contributed by atoms with van der Waals surface area (Å²) in [5.41, 5.74) is 9.37. The van der Waals surface area contributed by atoms with Crippen LogP contribution in [0, 0.1) is 5.41 Å². The van der Waals surface area contributed by atoms with E-state index >= 15 is 0 Å². The highest BCUT2D eigenvalue weighted by atomic mass is 16.5. The van der Waals surface area contributed by atoms with E-state index in [1.54, 1.807) is 0 Å². The zero-order valence-corrected chi connectivity index (χ0v) is 22.0. The molecule has 0 aliphatic carbocycles. The Bertz CT molecular complexity index is 948. The summed E-state index contributed by atoms with van der Waals surface area (Å²) in [6.07, 6.45) is 8.60. The molecule has 0 bridgehead atoms. The molecule has 0 saturated carbocycles. The van der Waals surface area contributed by atoms with E-state index in [0.717, 1.165) is 17.5 Å². The van der Waals surface area contributed by atoms with Gasteiger partial charge in [-0.15, -0.1) is 0 Å². The molecule has 0 aromatic heterocycles. The lowest BCUT2D eigenvalue weighted by Gasteiger charge is -2.31. The third kappa shape index (κ3) is 10.6. The Morgan fingerprint density at radius 1 is 0.722 bits per heavy atom. The number of unbranched alkanes of at least 4 members (excludes halogenated alkanes) is 4. The molecule has 0 fully saturated rings. The van der Waals surface area contributed by atoms with Gasteiger partial charge < -0.3 is 15.2 Å². The Morgan fingerprint density at radius 3 is 1.64 bits per heavy atom. The summed E-state index contributed by atoms with van der Waals surface area (Å²) in [6.45, 7) is 4.77. The first-order valence-electron chi connectivity index (χ1n) is 13.0. The number of carbonyl (C=O) groups is 3. The van der Waals surface area contributed by atoms with Gasteiger partial charge in [0.25, 0.3) is 0 Å². The molecule has 0 spiro atoms. The largest absolute Gasteiger partial charge is 0.465 e. The van der Waals surface area contributed by atoms with Gasteiger partial charge in [-0.25, -0.2) is 0 Å². The maximum atomic E-state index is 11.8. The average molecular weight is 496 g/mol. The molecule has 2 rings (SSSR count). The molecule has 0 aliphatic rings. The molecule has 196 valence electrons. The lowest BCUT2D eigenvalue weighted by Crippen LogP contribution is -2.38. The summed E-state index contributed by atoms with van der Waals surface area (Å²) in [4.78, 5) is 34.6. The van der Waals surface area contributed by atoms with Gasteiger partial charge in [-0.2, -0.15) is 0 Å². The summed E-state index contributed by atoms with van der Waals surface area (Å²) in [5, 5.41) is 0. The predicted octanol–water partition coefficient (Wildman–Crippen LogP) is 5.79. The molecule has 2 aromatic carbocycles. The van der Waals surface area contributed by atoms with Crippen molar-refractivity contribution in [2.24, 2.45) is 11.1 Å². The van der Waals surface area contributed by atoms with E-state index in [2.05, 4.69) is 55.5 Å². The Hall–Kier alpha value is -3.15. The Morgan fingerprint density at radius 2 is 1.19 bits per heavy atom. The molecule has 0 atom stereocenters. The van der Waals surface area contributed by atoms with Crippen molar-refractivity contribution in [1.29, 1.82) is 0 Å². The van der Waals surface area contributed by atoms with Gasteiger partial charge in [0.1, 0.15) is 13.2 Å². The molecule has 36 heavy (non-hydrogen) atoms. The highest BCUT2D eigenvalue weighted by molar-refractivity contribution is 5.75. The number of ether oxygens (including phenoxy) is 2. The lowest BCUT2D eigenvalue weighted by molar-refractivity contribution is -0.154. The van der Waals surface area contributed by atoms with Gasteiger partial charge in [-0.05, 0) is 47.9 Å². The van der Waals surface area contributed by atoms with Crippen LogP contribution >= 0.6 is 0 Å². The van der Waals surface area contributed by atoms with Crippen LogP contribution in [0.25, 0.3) is 11.1 Å². The molecule has 0 heterocycles. The van der Waals surface area contributed by atoms with Crippen molar-refractivity contribution in [3.05, 3.63) is 59.7 Å². The number of esters is 2. The summed E-state index contributed by atoms with van der Waals surface area (Å²) in [5.74, 6) is -1.45. The monoisotopic (exact) mass is 495 g/mol. The van der Waals surface area contributed by atoms with Crippen molar-refractivity contribution < 1.29 is 23.9 Å². The van der Waals surface area contributed by atoms with E-state index in [0.29, 0.717) is 12.8 Å². The van der Waals surface area contributed by atoms with Gasteiger partial charge in [-0.3, -0.25) is 14.4 Å². The third-order valence-electron chi connectivity index (χ3n) is 6.47. The molecular formula is C30H41NO5. The number of hydrogen-bond acceptors (Lipinski definition) is 5. The minimum Gasteiger partial charge on any atom is -0.465 e. The van der Waals surface area contributed by atoms with Crippen LogP contribution in [0.5, 0.6) is 0 Å². The number of primary amides is 1. The van der Waals surface area contributed by atoms with Gasteiger partial charge >= 0.3 is 11.9 Å². The van der Waals surface area contributed by atoms with Gasteiger partial charge in [0.15, 0.2) is 0 Å². The van der Waals surface area contributed by atoms with Crippen LogP contribution in [0.1, 0.15) is 76.8 Å². The molecule has 2 aromatic rings. The number of amides is 1. The van der Waals surface area contributed by atoms with Gasteiger partial charge in [0.05, 0.1) is 0 Å². The summed E-state index contributed by atoms with van der Waals surface area (Å²) in [7, 11) is 0. The van der Waals surface area contributed by atoms with Crippen LogP contribution in [-0.4, -0.2) is 31.1 Å². The van der Waals surface area contributed by atoms with Crippen LogP contribution in [0.3, 0.4) is 0 Å². The van der Waals surface area contributed by atoms with E-state index in [4.69, 9.17) is 15.2 Å². The lowest BCUT2D eigenvalue weighted by atomic mass is 9.80. The summed E-state index contributed by atoms with van der Waals surface area (Å²) in [6, 6.07) is 17.1. The van der Waals surface area contributed by atoms with Crippen LogP contribution in [-0.2, 0) is 36.7 Å². The molecule has 6 heteroatoms. The predicted molar refractivity (Wildman–Crippen MR) is 142 cm³/mol. The number of benzene rings is 2. The topological polar surface area (TPSA) is 95.7 Å². The smallest absolute Gasteiger partial charge is 0.302 e. The van der Waals surface area contributed by atoms with Crippen molar-refractivity contribution in [3.63, 3.8) is 0 Å². The van der Waals surface area contributed by atoms with Crippen molar-refractivity contribution in [3.8, 4) is 11.1 Å². The highest BCUT2D eigenvalue weighted by Crippen LogP contribution is 2.31. The van der Waals surface area contributed by atoms with Crippen LogP contribution in [0.2, 0.25) is 0 Å². The minimum absolute atomic E-state index is 0.0401. The summed E-state index contributed by atoms with van der Waals surface area (Å²) >= 11 is 0. The Kier molecular flexibility index (Phi) is 12.2.